The van der Waals surface area contributed by atoms with Crippen LogP contribution in [0.1, 0.15) is 12.1 Å². The number of benzene rings is 1. The van der Waals surface area contributed by atoms with E-state index in [9.17, 15) is 4.39 Å². The van der Waals surface area contributed by atoms with E-state index in [0.29, 0.717) is 12.1 Å². The Hall–Kier alpha value is -0.780. The van der Waals surface area contributed by atoms with Gasteiger partial charge in [-0.05, 0) is 37.6 Å². The van der Waals surface area contributed by atoms with Gasteiger partial charge in [0.1, 0.15) is 10.8 Å². The number of hydrogen-bond acceptors (Lipinski definition) is 3. The van der Waals surface area contributed by atoms with Crippen LogP contribution in [0.5, 0.6) is 0 Å². The molecule has 0 amide bonds. The number of rotatable bonds is 4. The fourth-order valence-electron chi connectivity index (χ4n) is 1.49. The third-order valence-electron chi connectivity index (χ3n) is 2.35. The van der Waals surface area contributed by atoms with Crippen LogP contribution in [0.25, 0.3) is 10.6 Å². The molecule has 0 aliphatic carbocycles. The molecule has 0 unspecified atom stereocenters. The highest BCUT2D eigenvalue weighted by Crippen LogP contribution is 2.29. The molecule has 2 nitrogen and oxygen atoms in total. The van der Waals surface area contributed by atoms with Gasteiger partial charge in [0.15, 0.2) is 0 Å². The maximum atomic E-state index is 13.6. The molecule has 0 saturated carbocycles. The third kappa shape index (κ3) is 3.12. The molecule has 0 atom stereocenters. The molecule has 1 aromatic carbocycles. The summed E-state index contributed by atoms with van der Waals surface area (Å²) in [5.74, 6) is -0.243. The summed E-state index contributed by atoms with van der Waals surface area (Å²) in [5.41, 5.74) is 6.97. The van der Waals surface area contributed by atoms with Crippen LogP contribution in [0.4, 0.5) is 4.39 Å². The predicted octanol–water partition coefficient (Wildman–Crippen LogP) is 3.60. The number of aryl methyl sites for hydroxylation is 1. The van der Waals surface area contributed by atoms with Crippen LogP contribution in [-0.4, -0.2) is 11.5 Å². The second kappa shape index (κ2) is 5.71. The van der Waals surface area contributed by atoms with Gasteiger partial charge in [-0.25, -0.2) is 9.37 Å². The zero-order valence-electron chi connectivity index (χ0n) is 9.12. The minimum Gasteiger partial charge on any atom is -0.330 e. The number of aromatic nitrogens is 1. The third-order valence-corrected chi connectivity index (χ3v) is 3.77. The maximum absolute atomic E-state index is 13.6. The molecular weight excluding hydrogens is 303 g/mol. The molecule has 17 heavy (non-hydrogen) atoms. The smallest absolute Gasteiger partial charge is 0.133 e. The van der Waals surface area contributed by atoms with E-state index in [1.807, 2.05) is 5.38 Å². The second-order valence-corrected chi connectivity index (χ2v) is 5.43. The molecule has 0 spiro atoms. The van der Waals surface area contributed by atoms with Gasteiger partial charge >= 0.3 is 0 Å². The SMILES string of the molecule is NCCCc1csc(-c2cc(Br)ccc2F)n1. The predicted molar refractivity (Wildman–Crippen MR) is 72.6 cm³/mol. The number of hydrogen-bond donors (Lipinski definition) is 1. The molecule has 0 saturated heterocycles. The molecule has 2 rings (SSSR count). The molecule has 2 aromatic rings. The van der Waals surface area contributed by atoms with Gasteiger partial charge in [0, 0.05) is 15.4 Å². The van der Waals surface area contributed by atoms with Gasteiger partial charge in [0.2, 0.25) is 0 Å². The first-order valence-electron chi connectivity index (χ1n) is 5.30. The average Bonchev–Trinajstić information content (AvgIpc) is 2.78. The van der Waals surface area contributed by atoms with Gasteiger partial charge in [0.25, 0.3) is 0 Å². The van der Waals surface area contributed by atoms with Crippen LogP contribution in [0.3, 0.4) is 0 Å². The molecule has 1 aromatic heterocycles. The summed E-state index contributed by atoms with van der Waals surface area (Å²) >= 11 is 4.80. The van der Waals surface area contributed by atoms with E-state index in [0.717, 1.165) is 28.0 Å². The minimum atomic E-state index is -0.243. The van der Waals surface area contributed by atoms with Gasteiger partial charge < -0.3 is 5.73 Å². The van der Waals surface area contributed by atoms with Crippen molar-refractivity contribution in [1.82, 2.24) is 4.98 Å². The Kier molecular flexibility index (Phi) is 4.25. The van der Waals surface area contributed by atoms with E-state index >= 15 is 0 Å². The van der Waals surface area contributed by atoms with E-state index in [1.165, 1.54) is 17.4 Å². The highest BCUT2D eigenvalue weighted by molar-refractivity contribution is 9.10. The largest absolute Gasteiger partial charge is 0.330 e. The van der Waals surface area contributed by atoms with E-state index in [1.54, 1.807) is 12.1 Å². The molecule has 90 valence electrons. The Morgan fingerprint density at radius 2 is 2.24 bits per heavy atom. The van der Waals surface area contributed by atoms with E-state index < -0.39 is 0 Å². The molecule has 2 N–H and O–H groups in total. The van der Waals surface area contributed by atoms with Crippen molar-refractivity contribution >= 4 is 27.3 Å². The summed E-state index contributed by atoms with van der Waals surface area (Å²) in [6.45, 7) is 0.651. The lowest BCUT2D eigenvalue weighted by Gasteiger charge is -1.99. The van der Waals surface area contributed by atoms with Crippen molar-refractivity contribution in [2.75, 3.05) is 6.54 Å². The van der Waals surface area contributed by atoms with Crippen molar-refractivity contribution < 1.29 is 4.39 Å². The van der Waals surface area contributed by atoms with Crippen LogP contribution in [0, 0.1) is 5.82 Å². The van der Waals surface area contributed by atoms with Crippen LogP contribution >= 0.6 is 27.3 Å². The zero-order chi connectivity index (χ0) is 12.3. The Labute approximate surface area is 112 Å². The van der Waals surface area contributed by atoms with E-state index in [2.05, 4.69) is 20.9 Å². The maximum Gasteiger partial charge on any atom is 0.133 e. The van der Waals surface area contributed by atoms with Crippen LogP contribution in [0.2, 0.25) is 0 Å². The molecular formula is C12H12BrFN2S. The Balaban J connectivity index is 2.27. The molecule has 0 aliphatic heterocycles. The van der Waals surface area contributed by atoms with Gasteiger partial charge in [-0.15, -0.1) is 11.3 Å². The van der Waals surface area contributed by atoms with Crippen LogP contribution < -0.4 is 5.73 Å². The Morgan fingerprint density at radius 1 is 1.41 bits per heavy atom. The van der Waals surface area contributed by atoms with Gasteiger partial charge in [-0.1, -0.05) is 15.9 Å². The average molecular weight is 315 g/mol. The zero-order valence-corrected chi connectivity index (χ0v) is 11.5. The number of nitrogens with zero attached hydrogens (tertiary/aromatic N) is 1. The highest BCUT2D eigenvalue weighted by Gasteiger charge is 2.10. The van der Waals surface area contributed by atoms with Crippen molar-refractivity contribution in [2.45, 2.75) is 12.8 Å². The Bertz CT molecular complexity index is 513. The molecule has 5 heteroatoms. The lowest BCUT2D eigenvalue weighted by Crippen LogP contribution is -2.00. The van der Waals surface area contributed by atoms with Crippen molar-refractivity contribution in [3.8, 4) is 10.6 Å². The number of thiazole rings is 1. The summed E-state index contributed by atoms with van der Waals surface area (Å²) in [7, 11) is 0. The van der Waals surface area contributed by atoms with Crippen LogP contribution in [-0.2, 0) is 6.42 Å². The molecule has 0 fully saturated rings. The topological polar surface area (TPSA) is 38.9 Å². The van der Waals surface area contributed by atoms with Gasteiger partial charge in [-0.3, -0.25) is 0 Å². The molecule has 0 bridgehead atoms. The highest BCUT2D eigenvalue weighted by atomic mass is 79.9. The van der Waals surface area contributed by atoms with E-state index in [4.69, 9.17) is 5.73 Å². The lowest BCUT2D eigenvalue weighted by molar-refractivity contribution is 0.631. The van der Waals surface area contributed by atoms with Gasteiger partial charge in [-0.2, -0.15) is 0 Å². The summed E-state index contributed by atoms with van der Waals surface area (Å²) < 4.78 is 14.5. The Morgan fingerprint density at radius 3 is 3.00 bits per heavy atom. The fraction of sp³-hybridized carbons (Fsp3) is 0.250. The van der Waals surface area contributed by atoms with Crippen molar-refractivity contribution in [1.29, 1.82) is 0 Å². The first-order chi connectivity index (χ1) is 8.20. The first-order valence-corrected chi connectivity index (χ1v) is 6.98. The van der Waals surface area contributed by atoms with Crippen LogP contribution in [0.15, 0.2) is 28.1 Å². The lowest BCUT2D eigenvalue weighted by atomic mass is 10.2. The summed E-state index contributed by atoms with van der Waals surface area (Å²) in [5, 5.41) is 2.68. The summed E-state index contributed by atoms with van der Waals surface area (Å²) in [6.07, 6.45) is 1.76. The monoisotopic (exact) mass is 314 g/mol. The molecule has 0 radical (unpaired) electrons. The minimum absolute atomic E-state index is 0.243. The fourth-order valence-corrected chi connectivity index (χ4v) is 2.72. The number of halogens is 2. The van der Waals surface area contributed by atoms with Crippen molar-refractivity contribution in [2.24, 2.45) is 5.73 Å². The molecule has 0 aliphatic rings. The first kappa shape index (κ1) is 12.7. The second-order valence-electron chi connectivity index (χ2n) is 3.66. The van der Waals surface area contributed by atoms with Crippen molar-refractivity contribution in [3.63, 3.8) is 0 Å². The number of nitrogens with two attached hydrogens (primary N) is 1. The summed E-state index contributed by atoms with van der Waals surface area (Å²) in [6, 6.07) is 4.88. The van der Waals surface area contributed by atoms with E-state index in [-0.39, 0.29) is 5.82 Å². The standard InChI is InChI=1S/C12H12BrFN2S/c13-8-3-4-11(14)10(6-8)12-16-9(7-17-12)2-1-5-15/h3-4,6-7H,1-2,5,15H2. The normalized spacial score (nSPS) is 10.8. The molecule has 1 heterocycles. The quantitative estimate of drug-likeness (QED) is 0.936. The summed E-state index contributed by atoms with van der Waals surface area (Å²) in [4.78, 5) is 4.42. The van der Waals surface area contributed by atoms with Gasteiger partial charge in [0.05, 0.1) is 5.69 Å². The van der Waals surface area contributed by atoms with Crippen molar-refractivity contribution in [3.05, 3.63) is 39.6 Å².